The summed E-state index contributed by atoms with van der Waals surface area (Å²) < 4.78 is 1.76. The molecule has 2 aromatic heterocycles. The summed E-state index contributed by atoms with van der Waals surface area (Å²) in [6, 6.07) is 0. The van der Waals surface area contributed by atoms with Crippen molar-refractivity contribution in [1.29, 1.82) is 0 Å². The molecule has 102 valence electrons. The zero-order valence-corrected chi connectivity index (χ0v) is 12.3. The maximum atomic E-state index is 12.1. The second-order valence-corrected chi connectivity index (χ2v) is 5.22. The van der Waals surface area contributed by atoms with Gasteiger partial charge in [-0.15, -0.1) is 11.3 Å². The van der Waals surface area contributed by atoms with Crippen LogP contribution in [0.15, 0.2) is 11.6 Å². The monoisotopic (exact) mass is 297 g/mol. The Labute approximate surface area is 120 Å². The van der Waals surface area contributed by atoms with Crippen molar-refractivity contribution in [3.63, 3.8) is 0 Å². The normalized spacial score (nSPS) is 10.4. The zero-order chi connectivity index (χ0) is 13.8. The third-order valence-electron chi connectivity index (χ3n) is 2.48. The lowest BCUT2D eigenvalue weighted by molar-refractivity contribution is 0.0937. The van der Waals surface area contributed by atoms with Gasteiger partial charge in [-0.3, -0.25) is 20.0 Å². The average Bonchev–Trinajstić information content (AvgIpc) is 2.93. The molecule has 0 aromatic carbocycles. The minimum absolute atomic E-state index is 0.260. The van der Waals surface area contributed by atoms with E-state index < -0.39 is 0 Å². The number of nitrogens with one attached hydrogen (secondary N) is 3. The molecule has 0 fully saturated rings. The third-order valence-corrected chi connectivity index (χ3v) is 3.48. The van der Waals surface area contributed by atoms with Crippen LogP contribution < -0.4 is 16.2 Å². The van der Waals surface area contributed by atoms with E-state index in [0.717, 1.165) is 17.9 Å². The highest BCUT2D eigenvalue weighted by Gasteiger charge is 2.17. The molecule has 6 nitrogen and oxygen atoms in total. The second-order valence-electron chi connectivity index (χ2n) is 3.94. The number of amides is 1. The van der Waals surface area contributed by atoms with Gasteiger partial charge in [0, 0.05) is 18.1 Å². The highest BCUT2D eigenvalue weighted by molar-refractivity contribution is 7.80. The molecule has 8 heteroatoms. The molecule has 0 unspecified atom stereocenters. The van der Waals surface area contributed by atoms with Gasteiger partial charge in [-0.05, 0) is 25.6 Å². The van der Waals surface area contributed by atoms with Gasteiger partial charge in [0.1, 0.15) is 5.69 Å². The van der Waals surface area contributed by atoms with Gasteiger partial charge in [-0.25, -0.2) is 4.98 Å². The Kier molecular flexibility index (Phi) is 4.33. The molecule has 0 aliphatic rings. The van der Waals surface area contributed by atoms with Gasteiger partial charge in [0.25, 0.3) is 5.91 Å². The fraction of sp³-hybridized carbons (Fsp3) is 0.364. The summed E-state index contributed by atoms with van der Waals surface area (Å²) in [5, 5.41) is 5.26. The number of thiazole rings is 1. The van der Waals surface area contributed by atoms with Crippen LogP contribution in [0.4, 0.5) is 0 Å². The van der Waals surface area contributed by atoms with Gasteiger partial charge in [0.2, 0.25) is 0 Å². The van der Waals surface area contributed by atoms with Gasteiger partial charge in [-0.1, -0.05) is 6.92 Å². The van der Waals surface area contributed by atoms with Crippen molar-refractivity contribution in [3.05, 3.63) is 23.0 Å². The number of hydrogen-bond donors (Lipinski definition) is 3. The molecule has 0 radical (unpaired) electrons. The van der Waals surface area contributed by atoms with Crippen LogP contribution in [-0.4, -0.2) is 26.9 Å². The van der Waals surface area contributed by atoms with E-state index in [4.69, 9.17) is 12.2 Å². The summed E-state index contributed by atoms with van der Waals surface area (Å²) in [5.74, 6) is -0.260. The lowest BCUT2D eigenvalue weighted by Gasteiger charge is -2.10. The molecule has 0 spiro atoms. The number of rotatable bonds is 3. The van der Waals surface area contributed by atoms with Crippen LogP contribution in [0.2, 0.25) is 0 Å². The number of carbonyl (C=O) groups is 1. The number of fused-ring (bicyclic) bond motifs is 1. The largest absolute Gasteiger partial charge is 0.361 e. The molecule has 3 N–H and O–H groups in total. The molecule has 2 heterocycles. The van der Waals surface area contributed by atoms with E-state index in [2.05, 4.69) is 21.2 Å². The first kappa shape index (κ1) is 13.8. The van der Waals surface area contributed by atoms with Crippen molar-refractivity contribution >= 4 is 39.5 Å². The molecule has 0 bridgehead atoms. The summed E-state index contributed by atoms with van der Waals surface area (Å²) >= 11 is 6.51. The summed E-state index contributed by atoms with van der Waals surface area (Å²) in [7, 11) is 0. The number of hydrogen-bond acceptors (Lipinski definition) is 4. The number of nitrogens with zero attached hydrogens (tertiary/aromatic N) is 2. The van der Waals surface area contributed by atoms with Crippen molar-refractivity contribution in [2.24, 2.45) is 0 Å². The molecule has 2 rings (SSSR count). The number of aryl methyl sites for hydroxylation is 1. The second kappa shape index (κ2) is 5.98. The van der Waals surface area contributed by atoms with Crippen LogP contribution in [0.3, 0.4) is 0 Å². The third kappa shape index (κ3) is 3.02. The molecular weight excluding hydrogens is 282 g/mol. The maximum Gasteiger partial charge on any atom is 0.288 e. The predicted octanol–water partition coefficient (Wildman–Crippen LogP) is 1.22. The summed E-state index contributed by atoms with van der Waals surface area (Å²) in [4.78, 5) is 17.2. The molecule has 0 atom stereocenters. The van der Waals surface area contributed by atoms with Crippen molar-refractivity contribution < 1.29 is 4.79 Å². The Hall–Kier alpha value is -1.67. The van der Waals surface area contributed by atoms with E-state index in [1.54, 1.807) is 4.40 Å². The van der Waals surface area contributed by atoms with E-state index in [1.807, 2.05) is 25.4 Å². The van der Waals surface area contributed by atoms with Crippen molar-refractivity contribution in [2.75, 3.05) is 6.54 Å². The zero-order valence-electron chi connectivity index (χ0n) is 10.7. The number of imidazole rings is 1. The fourth-order valence-corrected chi connectivity index (χ4v) is 2.54. The quantitative estimate of drug-likeness (QED) is 0.587. The van der Waals surface area contributed by atoms with Crippen LogP contribution >= 0.6 is 23.6 Å². The van der Waals surface area contributed by atoms with Gasteiger partial charge in [0.05, 0.1) is 5.69 Å². The number of carbonyl (C=O) groups excluding carboxylic acids is 1. The average molecular weight is 297 g/mol. The Morgan fingerprint density at radius 3 is 3.05 bits per heavy atom. The van der Waals surface area contributed by atoms with Gasteiger partial charge in [0.15, 0.2) is 10.1 Å². The first-order valence-corrected chi connectivity index (χ1v) is 7.18. The highest BCUT2D eigenvalue weighted by atomic mass is 32.1. The summed E-state index contributed by atoms with van der Waals surface area (Å²) in [6.45, 7) is 4.61. The van der Waals surface area contributed by atoms with E-state index in [0.29, 0.717) is 16.5 Å². The van der Waals surface area contributed by atoms with E-state index in [9.17, 15) is 4.79 Å². The SMILES string of the molecule is CCCNC(=S)NNC(=O)c1c(C)nc2sccn12. The Bertz CT molecular complexity index is 603. The highest BCUT2D eigenvalue weighted by Crippen LogP contribution is 2.16. The van der Waals surface area contributed by atoms with Crippen molar-refractivity contribution in [2.45, 2.75) is 20.3 Å². The minimum Gasteiger partial charge on any atom is -0.361 e. The Morgan fingerprint density at radius 1 is 1.53 bits per heavy atom. The van der Waals surface area contributed by atoms with Gasteiger partial charge < -0.3 is 5.32 Å². The van der Waals surface area contributed by atoms with Gasteiger partial charge in [-0.2, -0.15) is 0 Å². The summed E-state index contributed by atoms with van der Waals surface area (Å²) in [6.07, 6.45) is 2.79. The minimum atomic E-state index is -0.260. The maximum absolute atomic E-state index is 12.1. The number of hydrazine groups is 1. The Balaban J connectivity index is 2.02. The smallest absolute Gasteiger partial charge is 0.288 e. The van der Waals surface area contributed by atoms with Crippen LogP contribution in [0.25, 0.3) is 4.96 Å². The van der Waals surface area contributed by atoms with Crippen molar-refractivity contribution in [1.82, 2.24) is 25.6 Å². The molecule has 0 saturated carbocycles. The number of thiocarbonyl (C=S) groups is 1. The Morgan fingerprint density at radius 2 is 2.32 bits per heavy atom. The first-order valence-electron chi connectivity index (χ1n) is 5.89. The van der Waals surface area contributed by atoms with E-state index in [-0.39, 0.29) is 5.91 Å². The lowest BCUT2D eigenvalue weighted by atomic mass is 10.3. The van der Waals surface area contributed by atoms with Gasteiger partial charge >= 0.3 is 0 Å². The molecule has 0 aliphatic carbocycles. The fourth-order valence-electron chi connectivity index (χ4n) is 1.62. The van der Waals surface area contributed by atoms with E-state index in [1.165, 1.54) is 11.3 Å². The first-order chi connectivity index (χ1) is 9.13. The summed E-state index contributed by atoms with van der Waals surface area (Å²) in [5.41, 5.74) is 6.45. The van der Waals surface area contributed by atoms with Crippen LogP contribution in [0.5, 0.6) is 0 Å². The predicted molar refractivity (Wildman–Crippen MR) is 79.3 cm³/mol. The van der Waals surface area contributed by atoms with Crippen molar-refractivity contribution in [3.8, 4) is 0 Å². The molecular formula is C11H15N5OS2. The number of aromatic nitrogens is 2. The standard InChI is InChI=1S/C11H15N5OS2/c1-3-4-12-10(18)15-14-9(17)8-7(2)13-11-16(8)5-6-19-11/h5-6H,3-4H2,1-2H3,(H,14,17)(H2,12,15,18). The lowest BCUT2D eigenvalue weighted by Crippen LogP contribution is -2.47. The molecule has 0 aliphatic heterocycles. The molecule has 0 saturated heterocycles. The van der Waals surface area contributed by atoms with Crippen LogP contribution in [0.1, 0.15) is 29.5 Å². The molecule has 19 heavy (non-hydrogen) atoms. The molecule has 2 aromatic rings. The van der Waals surface area contributed by atoms with Crippen LogP contribution in [0, 0.1) is 6.92 Å². The topological polar surface area (TPSA) is 70.5 Å². The van der Waals surface area contributed by atoms with E-state index >= 15 is 0 Å². The molecule has 1 amide bonds. The van der Waals surface area contributed by atoms with Crippen LogP contribution in [-0.2, 0) is 0 Å².